The second kappa shape index (κ2) is 12.6. The zero-order valence-corrected chi connectivity index (χ0v) is 29.5. The van der Waals surface area contributed by atoms with Gasteiger partial charge in [-0.15, -0.1) is 0 Å². The van der Waals surface area contributed by atoms with Gasteiger partial charge in [0.2, 0.25) is 0 Å². The van der Waals surface area contributed by atoms with Gasteiger partial charge in [-0.1, -0.05) is 152 Å². The first-order valence-electron chi connectivity index (χ1n) is 18.4. The lowest BCUT2D eigenvalue weighted by Crippen LogP contribution is -2.01. The van der Waals surface area contributed by atoms with E-state index in [-0.39, 0.29) is 0 Å². The van der Waals surface area contributed by atoms with Gasteiger partial charge in [0.25, 0.3) is 0 Å². The smallest absolute Gasteiger partial charge is 0.164 e. The predicted octanol–water partition coefficient (Wildman–Crippen LogP) is 13.0. The van der Waals surface area contributed by atoms with Crippen LogP contribution in [0.4, 0.5) is 0 Å². The summed E-state index contributed by atoms with van der Waals surface area (Å²) in [6.07, 6.45) is 2.02. The molecule has 3 heterocycles. The van der Waals surface area contributed by atoms with Crippen LogP contribution in [0.5, 0.6) is 0 Å². The highest BCUT2D eigenvalue weighted by molar-refractivity contribution is 6.22. The number of aromatic nitrogens is 4. The average molecular weight is 703 g/mol. The molecule has 0 amide bonds. The Morgan fingerprint density at radius 2 is 0.945 bits per heavy atom. The number of hydrogen-bond donors (Lipinski definition) is 0. The quantitative estimate of drug-likeness (QED) is 0.167. The molecule has 0 aliphatic rings. The third-order valence-electron chi connectivity index (χ3n) is 10.6. The van der Waals surface area contributed by atoms with E-state index in [0.717, 1.165) is 77.2 Å². The van der Waals surface area contributed by atoms with Crippen LogP contribution in [0.15, 0.2) is 187 Å². The predicted molar refractivity (Wildman–Crippen MR) is 225 cm³/mol. The zero-order valence-electron chi connectivity index (χ0n) is 29.5. The van der Waals surface area contributed by atoms with Crippen LogP contribution >= 0.6 is 0 Å². The number of para-hydroxylation sites is 2. The molecule has 0 fully saturated rings. The van der Waals surface area contributed by atoms with Crippen molar-refractivity contribution in [2.24, 2.45) is 0 Å². The molecule has 3 aromatic heterocycles. The summed E-state index contributed by atoms with van der Waals surface area (Å²) >= 11 is 0. The molecule has 0 saturated heterocycles. The molecular formula is C50H30N4O. The number of pyridine rings is 1. The fourth-order valence-electron chi connectivity index (χ4n) is 8.01. The van der Waals surface area contributed by atoms with E-state index in [1.54, 1.807) is 0 Å². The van der Waals surface area contributed by atoms with Crippen molar-refractivity contribution in [3.8, 4) is 56.4 Å². The summed E-state index contributed by atoms with van der Waals surface area (Å²) in [5.41, 5.74) is 9.73. The Balaban J connectivity index is 1.12. The zero-order chi connectivity index (χ0) is 36.3. The van der Waals surface area contributed by atoms with Crippen LogP contribution in [0.3, 0.4) is 0 Å². The van der Waals surface area contributed by atoms with E-state index >= 15 is 0 Å². The number of hydrogen-bond acceptors (Lipinski definition) is 5. The molecular weight excluding hydrogens is 673 g/mol. The largest absolute Gasteiger partial charge is 0.456 e. The maximum Gasteiger partial charge on any atom is 0.164 e. The Bertz CT molecular complexity index is 3260. The monoisotopic (exact) mass is 702 g/mol. The number of furan rings is 1. The Morgan fingerprint density at radius 3 is 1.80 bits per heavy atom. The lowest BCUT2D eigenvalue weighted by atomic mass is 9.91. The summed E-state index contributed by atoms with van der Waals surface area (Å²) < 4.78 is 6.29. The standard InChI is InChI=1S/C50H30N4O/c1-2-13-31(14-3-1)35-16-6-7-18-37(35)49-52-48(53-50(54-49)40-21-12-24-45-47(40)39-20-9-11-23-44(39)55-45)33-27-25-32(26-28-33)41-29-34-15-4-5-17-36(34)42-30-51-43-22-10-8-19-38(43)46(41)42/h1-30H. The molecule has 11 aromatic rings. The first-order valence-corrected chi connectivity index (χ1v) is 18.4. The summed E-state index contributed by atoms with van der Waals surface area (Å²) in [6, 6.07) is 60.7. The molecule has 0 aliphatic carbocycles. The van der Waals surface area contributed by atoms with E-state index in [1.807, 2.05) is 54.7 Å². The first kappa shape index (κ1) is 31.1. The number of benzene rings is 8. The molecule has 55 heavy (non-hydrogen) atoms. The SMILES string of the molecule is c1ccc(-c2ccccc2-c2nc(-c3ccc(-c4cc5ccccc5c5cnc6ccccc6c45)cc3)nc(-c3cccc4oc5ccccc5c34)n2)cc1. The topological polar surface area (TPSA) is 64.7 Å². The van der Waals surface area contributed by atoms with Gasteiger partial charge in [-0.3, -0.25) is 4.98 Å². The molecule has 5 nitrogen and oxygen atoms in total. The van der Waals surface area contributed by atoms with Crippen molar-refractivity contribution in [1.29, 1.82) is 0 Å². The van der Waals surface area contributed by atoms with Crippen molar-refractivity contribution in [2.75, 3.05) is 0 Å². The van der Waals surface area contributed by atoms with Gasteiger partial charge in [0, 0.05) is 49.8 Å². The van der Waals surface area contributed by atoms with Gasteiger partial charge in [0.1, 0.15) is 11.2 Å². The van der Waals surface area contributed by atoms with Crippen LogP contribution in [0.1, 0.15) is 0 Å². The van der Waals surface area contributed by atoms with Gasteiger partial charge in [-0.05, 0) is 57.3 Å². The fourth-order valence-corrected chi connectivity index (χ4v) is 8.01. The van der Waals surface area contributed by atoms with Crippen LogP contribution in [0, 0.1) is 0 Å². The first-order chi connectivity index (χ1) is 27.3. The molecule has 0 saturated carbocycles. The van der Waals surface area contributed by atoms with Crippen LogP contribution < -0.4 is 0 Å². The minimum Gasteiger partial charge on any atom is -0.456 e. The molecule has 11 rings (SSSR count). The van der Waals surface area contributed by atoms with Crippen LogP contribution in [0.2, 0.25) is 0 Å². The minimum absolute atomic E-state index is 0.587. The van der Waals surface area contributed by atoms with Crippen molar-refractivity contribution < 1.29 is 4.42 Å². The van der Waals surface area contributed by atoms with E-state index in [4.69, 9.17) is 24.4 Å². The molecule has 8 aromatic carbocycles. The van der Waals surface area contributed by atoms with Crippen molar-refractivity contribution in [3.63, 3.8) is 0 Å². The number of rotatable bonds is 5. The number of nitrogens with zero attached hydrogens (tertiary/aromatic N) is 4. The molecule has 256 valence electrons. The Kier molecular flexibility index (Phi) is 7.10. The van der Waals surface area contributed by atoms with Gasteiger partial charge >= 0.3 is 0 Å². The molecule has 0 atom stereocenters. The maximum atomic E-state index is 6.29. The van der Waals surface area contributed by atoms with Crippen molar-refractivity contribution in [3.05, 3.63) is 182 Å². The molecule has 0 unspecified atom stereocenters. The fraction of sp³-hybridized carbons (Fsp3) is 0. The number of fused-ring (bicyclic) bond motifs is 8. The molecule has 5 heteroatoms. The second-order valence-corrected chi connectivity index (χ2v) is 13.8. The summed E-state index contributed by atoms with van der Waals surface area (Å²) in [5.74, 6) is 1.79. The van der Waals surface area contributed by atoms with Gasteiger partial charge in [-0.2, -0.15) is 0 Å². The second-order valence-electron chi connectivity index (χ2n) is 13.8. The highest BCUT2D eigenvalue weighted by Crippen LogP contribution is 2.40. The Hall–Kier alpha value is -7.50. The lowest BCUT2D eigenvalue weighted by molar-refractivity contribution is 0.669. The summed E-state index contributed by atoms with van der Waals surface area (Å²) in [7, 11) is 0. The van der Waals surface area contributed by atoms with Crippen LogP contribution in [-0.4, -0.2) is 19.9 Å². The van der Waals surface area contributed by atoms with Crippen LogP contribution in [-0.2, 0) is 0 Å². The summed E-state index contributed by atoms with van der Waals surface area (Å²) in [6.45, 7) is 0. The van der Waals surface area contributed by atoms with Crippen molar-refractivity contribution in [1.82, 2.24) is 19.9 Å². The minimum atomic E-state index is 0.587. The molecule has 0 spiro atoms. The highest BCUT2D eigenvalue weighted by atomic mass is 16.3. The normalized spacial score (nSPS) is 11.6. The van der Waals surface area contributed by atoms with E-state index in [1.165, 1.54) is 16.2 Å². The molecule has 0 bridgehead atoms. The Morgan fingerprint density at radius 1 is 0.345 bits per heavy atom. The third-order valence-corrected chi connectivity index (χ3v) is 10.6. The van der Waals surface area contributed by atoms with E-state index in [9.17, 15) is 0 Å². The van der Waals surface area contributed by atoms with Gasteiger partial charge in [0.15, 0.2) is 17.5 Å². The van der Waals surface area contributed by atoms with Gasteiger partial charge in [-0.25, -0.2) is 15.0 Å². The molecule has 0 radical (unpaired) electrons. The Labute approximate surface area is 316 Å². The maximum absolute atomic E-state index is 6.29. The van der Waals surface area contributed by atoms with E-state index in [0.29, 0.717) is 17.5 Å². The average Bonchev–Trinajstić information content (AvgIpc) is 3.65. The van der Waals surface area contributed by atoms with Crippen molar-refractivity contribution in [2.45, 2.75) is 0 Å². The van der Waals surface area contributed by atoms with E-state index < -0.39 is 0 Å². The highest BCUT2D eigenvalue weighted by Gasteiger charge is 2.20. The van der Waals surface area contributed by atoms with Crippen molar-refractivity contribution >= 4 is 54.4 Å². The van der Waals surface area contributed by atoms with E-state index in [2.05, 4.69) is 127 Å². The molecule has 0 N–H and O–H groups in total. The van der Waals surface area contributed by atoms with Gasteiger partial charge in [0.05, 0.1) is 5.52 Å². The van der Waals surface area contributed by atoms with Gasteiger partial charge < -0.3 is 4.42 Å². The summed E-state index contributed by atoms with van der Waals surface area (Å²) in [5, 5.41) is 7.84. The third kappa shape index (κ3) is 5.17. The summed E-state index contributed by atoms with van der Waals surface area (Å²) in [4.78, 5) is 20.4. The molecule has 0 aliphatic heterocycles. The lowest BCUT2D eigenvalue weighted by Gasteiger charge is -2.14. The van der Waals surface area contributed by atoms with Crippen LogP contribution in [0.25, 0.3) is 111 Å².